The van der Waals surface area contributed by atoms with E-state index in [1.807, 2.05) is 6.07 Å². The summed E-state index contributed by atoms with van der Waals surface area (Å²) in [6.45, 7) is 0.245. The molecule has 5 aromatic rings. The van der Waals surface area contributed by atoms with E-state index in [2.05, 4.69) is 30.5 Å². The van der Waals surface area contributed by atoms with Gasteiger partial charge in [0.2, 0.25) is 0 Å². The Morgan fingerprint density at radius 1 is 1.06 bits per heavy atom. The average molecular weight is 480 g/mol. The van der Waals surface area contributed by atoms with Crippen LogP contribution in [0.5, 0.6) is 0 Å². The summed E-state index contributed by atoms with van der Waals surface area (Å²) in [5.74, 6) is 0.919. The Bertz CT molecular complexity index is 1510. The van der Waals surface area contributed by atoms with Crippen molar-refractivity contribution in [1.29, 1.82) is 0 Å². The van der Waals surface area contributed by atoms with Crippen molar-refractivity contribution in [3.63, 3.8) is 0 Å². The van der Waals surface area contributed by atoms with E-state index in [1.54, 1.807) is 42.7 Å². The van der Waals surface area contributed by atoms with Crippen LogP contribution in [0.1, 0.15) is 5.82 Å². The van der Waals surface area contributed by atoms with Gasteiger partial charge >= 0.3 is 0 Å². The Morgan fingerprint density at radius 3 is 2.70 bits per heavy atom. The van der Waals surface area contributed by atoms with Crippen LogP contribution in [0.3, 0.4) is 0 Å². The van der Waals surface area contributed by atoms with Crippen molar-refractivity contribution in [3.8, 4) is 28.1 Å². The molecular formula is C21H15Cl2N9O. The van der Waals surface area contributed by atoms with Crippen LogP contribution in [0, 0.1) is 0 Å². The van der Waals surface area contributed by atoms with Gasteiger partial charge in [-0.2, -0.15) is 4.68 Å². The van der Waals surface area contributed by atoms with Crippen molar-refractivity contribution in [2.75, 3.05) is 5.73 Å². The second-order valence-electron chi connectivity index (χ2n) is 7.12. The van der Waals surface area contributed by atoms with Crippen molar-refractivity contribution in [3.05, 3.63) is 87.5 Å². The maximum Gasteiger partial charge on any atom is 0.251 e. The highest BCUT2D eigenvalue weighted by Crippen LogP contribution is 2.29. The summed E-state index contributed by atoms with van der Waals surface area (Å²) in [6.07, 6.45) is 4.81. The smallest absolute Gasteiger partial charge is 0.251 e. The number of H-pyrrole nitrogens is 1. The fourth-order valence-electron chi connectivity index (χ4n) is 3.41. The van der Waals surface area contributed by atoms with Crippen molar-refractivity contribution >= 4 is 29.0 Å². The second kappa shape index (κ2) is 8.49. The number of pyridine rings is 2. The molecule has 0 radical (unpaired) electrons. The van der Waals surface area contributed by atoms with Crippen LogP contribution in [0.4, 0.5) is 5.82 Å². The highest BCUT2D eigenvalue weighted by molar-refractivity contribution is 6.32. The predicted molar refractivity (Wildman–Crippen MR) is 124 cm³/mol. The number of nitrogens with zero attached hydrogens (tertiary/aromatic N) is 7. The first-order valence-corrected chi connectivity index (χ1v) is 10.4. The maximum atomic E-state index is 12.9. The van der Waals surface area contributed by atoms with Crippen LogP contribution in [-0.2, 0) is 6.54 Å². The Kier molecular flexibility index (Phi) is 5.37. The van der Waals surface area contributed by atoms with Gasteiger partial charge < -0.3 is 15.3 Å². The summed E-state index contributed by atoms with van der Waals surface area (Å²) in [4.78, 5) is 24.4. The third kappa shape index (κ3) is 4.21. The van der Waals surface area contributed by atoms with Gasteiger partial charge in [0.15, 0.2) is 0 Å². The van der Waals surface area contributed by atoms with Crippen LogP contribution < -0.4 is 11.3 Å². The third-order valence-electron chi connectivity index (χ3n) is 4.97. The predicted octanol–water partition coefficient (Wildman–Crippen LogP) is 3.21. The van der Waals surface area contributed by atoms with E-state index in [9.17, 15) is 4.79 Å². The Balaban J connectivity index is 1.44. The first-order valence-electron chi connectivity index (χ1n) is 9.68. The van der Waals surface area contributed by atoms with Crippen molar-refractivity contribution in [2.24, 2.45) is 0 Å². The van der Waals surface area contributed by atoms with Crippen LogP contribution in [0.15, 0.2) is 66.0 Å². The lowest BCUT2D eigenvalue weighted by Gasteiger charge is -2.11. The second-order valence-corrected chi connectivity index (χ2v) is 7.91. The highest BCUT2D eigenvalue weighted by Gasteiger charge is 2.13. The summed E-state index contributed by atoms with van der Waals surface area (Å²) in [6, 6.07) is 12.1. The molecule has 5 rings (SSSR count). The monoisotopic (exact) mass is 479 g/mol. The van der Waals surface area contributed by atoms with Gasteiger partial charge in [-0.05, 0) is 52.4 Å². The lowest BCUT2D eigenvalue weighted by Crippen LogP contribution is -2.19. The number of tetrazole rings is 1. The van der Waals surface area contributed by atoms with Crippen molar-refractivity contribution < 1.29 is 0 Å². The van der Waals surface area contributed by atoms with Crippen LogP contribution in [0.2, 0.25) is 10.2 Å². The van der Waals surface area contributed by atoms with E-state index in [4.69, 9.17) is 28.9 Å². The lowest BCUT2D eigenvalue weighted by atomic mass is 10.0. The maximum absolute atomic E-state index is 12.9. The van der Waals surface area contributed by atoms with Gasteiger partial charge in [-0.1, -0.05) is 23.2 Å². The number of nitrogens with two attached hydrogens (primary N) is 1. The number of aromatic nitrogens is 8. The average Bonchev–Trinajstić information content (AvgIpc) is 3.48. The number of hydrogen-bond acceptors (Lipinski definition) is 7. The van der Waals surface area contributed by atoms with Gasteiger partial charge in [-0.3, -0.25) is 4.79 Å². The molecule has 0 fully saturated rings. The largest absolute Gasteiger partial charge is 0.384 e. The molecule has 0 spiro atoms. The molecule has 0 amide bonds. The number of aromatic amines is 1. The molecule has 1 aromatic carbocycles. The van der Waals surface area contributed by atoms with Gasteiger partial charge in [0.1, 0.15) is 23.1 Å². The van der Waals surface area contributed by atoms with Gasteiger partial charge in [-0.25, -0.2) is 9.97 Å². The van der Waals surface area contributed by atoms with Gasteiger partial charge in [0.05, 0.1) is 24.1 Å². The van der Waals surface area contributed by atoms with E-state index in [-0.39, 0.29) is 17.3 Å². The number of rotatable bonds is 5. The summed E-state index contributed by atoms with van der Waals surface area (Å²) in [5, 5.41) is 12.1. The molecule has 0 bridgehead atoms. The molecule has 0 saturated carbocycles. The minimum absolute atomic E-state index is 0.208. The minimum atomic E-state index is -0.208. The lowest BCUT2D eigenvalue weighted by molar-refractivity contribution is 0.725. The summed E-state index contributed by atoms with van der Waals surface area (Å²) in [5.41, 5.74) is 8.90. The highest BCUT2D eigenvalue weighted by atomic mass is 35.5. The first kappa shape index (κ1) is 20.9. The fraction of sp³-hybridized carbons (Fsp3) is 0.0476. The van der Waals surface area contributed by atoms with Crippen LogP contribution in [0.25, 0.3) is 28.1 Å². The quantitative estimate of drug-likeness (QED) is 0.369. The number of benzene rings is 1. The zero-order chi connectivity index (χ0) is 22.9. The number of anilines is 1. The molecule has 4 heterocycles. The molecule has 3 N–H and O–H groups in total. The number of imidazole rings is 1. The SMILES string of the molecule is Nc1ccc(-c2cnc(Cn3ccc(-c4cc(Cl)ccc4-n4cnnn4)cc3=O)[nH]2)c(Cl)n1. The summed E-state index contributed by atoms with van der Waals surface area (Å²) >= 11 is 12.4. The zero-order valence-electron chi connectivity index (χ0n) is 16.9. The molecule has 0 aliphatic carbocycles. The van der Waals surface area contributed by atoms with E-state index >= 15 is 0 Å². The van der Waals surface area contributed by atoms with Gasteiger partial charge in [0.25, 0.3) is 5.56 Å². The molecule has 0 aliphatic rings. The molecule has 10 nitrogen and oxygen atoms in total. The summed E-state index contributed by atoms with van der Waals surface area (Å²) < 4.78 is 3.05. The van der Waals surface area contributed by atoms with E-state index < -0.39 is 0 Å². The Hall–Kier alpha value is -4.02. The number of nitrogens with one attached hydrogen (secondary N) is 1. The molecule has 12 heteroatoms. The molecular weight excluding hydrogens is 465 g/mol. The third-order valence-corrected chi connectivity index (χ3v) is 5.49. The van der Waals surface area contributed by atoms with E-state index in [1.165, 1.54) is 21.6 Å². The zero-order valence-corrected chi connectivity index (χ0v) is 18.4. The molecule has 33 heavy (non-hydrogen) atoms. The van der Waals surface area contributed by atoms with Crippen LogP contribution in [-0.4, -0.2) is 39.7 Å². The number of hydrogen-bond donors (Lipinski definition) is 2. The Labute approximate surface area is 196 Å². The summed E-state index contributed by atoms with van der Waals surface area (Å²) in [7, 11) is 0. The molecule has 0 atom stereocenters. The number of halogens is 2. The molecule has 164 valence electrons. The Morgan fingerprint density at radius 2 is 1.94 bits per heavy atom. The fourth-order valence-corrected chi connectivity index (χ4v) is 3.84. The van der Waals surface area contributed by atoms with E-state index in [0.29, 0.717) is 39.2 Å². The minimum Gasteiger partial charge on any atom is -0.384 e. The van der Waals surface area contributed by atoms with Crippen molar-refractivity contribution in [1.82, 2.24) is 39.7 Å². The van der Waals surface area contributed by atoms with Gasteiger partial charge in [0, 0.05) is 28.4 Å². The topological polar surface area (TPSA) is 133 Å². The molecule has 0 aliphatic heterocycles. The number of nitrogen functional groups attached to an aromatic ring is 1. The standard InChI is InChI=1S/C21H15Cl2N9O/c22-13-1-3-17(32-11-26-29-30-32)15(8-13)12-5-6-31(20(33)7-12)10-19-25-9-16(27-19)14-2-4-18(24)28-21(14)23/h1-9,11H,10H2,(H2,24,28)(H,25,27). The van der Waals surface area contributed by atoms with Crippen LogP contribution >= 0.6 is 23.2 Å². The molecule has 0 unspecified atom stereocenters. The van der Waals surface area contributed by atoms with E-state index in [0.717, 1.165) is 5.56 Å². The normalized spacial score (nSPS) is 11.1. The first-order chi connectivity index (χ1) is 16.0. The van der Waals surface area contributed by atoms with Crippen molar-refractivity contribution in [2.45, 2.75) is 6.54 Å². The molecule has 0 saturated heterocycles. The van der Waals surface area contributed by atoms with Gasteiger partial charge in [-0.15, -0.1) is 5.10 Å². The molecule has 4 aromatic heterocycles.